The van der Waals surface area contributed by atoms with E-state index in [1.807, 2.05) is 24.3 Å². The van der Waals surface area contributed by atoms with Crippen molar-refractivity contribution in [3.05, 3.63) is 98.6 Å². The Labute approximate surface area is 200 Å². The van der Waals surface area contributed by atoms with E-state index in [9.17, 15) is 10.1 Å². The van der Waals surface area contributed by atoms with Crippen LogP contribution in [0.5, 0.6) is 11.5 Å². The molecule has 0 saturated carbocycles. The molecule has 3 aromatic rings. The van der Waals surface area contributed by atoms with E-state index < -0.39 is 0 Å². The normalized spacial score (nSPS) is 13.4. The predicted molar refractivity (Wildman–Crippen MR) is 134 cm³/mol. The van der Waals surface area contributed by atoms with E-state index in [4.69, 9.17) is 9.47 Å². The Kier molecular flexibility index (Phi) is 6.42. The van der Waals surface area contributed by atoms with Crippen molar-refractivity contribution >= 4 is 11.4 Å². The fourth-order valence-corrected chi connectivity index (χ4v) is 4.54. The minimum atomic E-state index is -0.307. The second-order valence-corrected chi connectivity index (χ2v) is 9.60. The summed E-state index contributed by atoms with van der Waals surface area (Å²) in [5.41, 5.74) is 6.49. The third-order valence-corrected chi connectivity index (χ3v) is 6.41. The molecule has 0 aliphatic carbocycles. The summed E-state index contributed by atoms with van der Waals surface area (Å²) in [5, 5.41) is 11.6. The van der Waals surface area contributed by atoms with Crippen molar-refractivity contribution < 1.29 is 19.0 Å². The summed E-state index contributed by atoms with van der Waals surface area (Å²) in [5.74, 6) is 1.37. The van der Waals surface area contributed by atoms with E-state index in [-0.39, 0.29) is 16.0 Å². The number of ether oxygens (including phenoxy) is 2. The van der Waals surface area contributed by atoms with E-state index in [0.717, 1.165) is 29.8 Å². The number of rotatable bonds is 6. The lowest BCUT2D eigenvalue weighted by atomic mass is 9.85. The third kappa shape index (κ3) is 4.53. The second kappa shape index (κ2) is 9.29. The summed E-state index contributed by atoms with van der Waals surface area (Å²) in [4.78, 5) is 11.3. The van der Waals surface area contributed by atoms with Gasteiger partial charge in [0.15, 0.2) is 18.0 Å². The van der Waals surface area contributed by atoms with Crippen molar-refractivity contribution in [2.24, 2.45) is 0 Å². The number of hydrogen-bond donors (Lipinski definition) is 0. The van der Waals surface area contributed by atoms with Crippen molar-refractivity contribution in [2.45, 2.75) is 39.2 Å². The molecular weight excluding hydrogens is 428 g/mol. The lowest BCUT2D eigenvalue weighted by Crippen LogP contribution is -2.31. The molecule has 176 valence electrons. The van der Waals surface area contributed by atoms with Gasteiger partial charge in [-0.3, -0.25) is 10.1 Å². The van der Waals surface area contributed by atoms with Gasteiger partial charge in [-0.1, -0.05) is 45.0 Å². The molecule has 34 heavy (non-hydrogen) atoms. The molecule has 0 fully saturated rings. The molecule has 0 unspecified atom stereocenters. The van der Waals surface area contributed by atoms with E-state index in [2.05, 4.69) is 49.6 Å². The highest BCUT2D eigenvalue weighted by molar-refractivity contribution is 6.11. The summed E-state index contributed by atoms with van der Waals surface area (Å²) >= 11 is 0. The first kappa shape index (κ1) is 23.5. The Morgan fingerprint density at radius 1 is 0.971 bits per heavy atom. The summed E-state index contributed by atoms with van der Waals surface area (Å²) < 4.78 is 13.4. The van der Waals surface area contributed by atoms with Gasteiger partial charge in [-0.2, -0.15) is 0 Å². The van der Waals surface area contributed by atoms with Crippen LogP contribution in [-0.2, 0) is 18.4 Å². The summed E-state index contributed by atoms with van der Waals surface area (Å²) in [7, 11) is 3.28. The molecule has 0 saturated heterocycles. The average molecular weight is 460 g/mol. The second-order valence-electron chi connectivity index (χ2n) is 9.60. The standard InChI is InChI=1S/C28H31N2O4/c1-28(2,3)22-12-10-19(11-13-22)27-23-17-26(34-5)25(33-4)16-20(23)14-15-29(27)18-21-8-6-7-9-24(21)30(31)32/h6-13,16-17H,14-15,18H2,1-5H3/q+1. The van der Waals surface area contributed by atoms with E-state index in [0.29, 0.717) is 23.6 Å². The van der Waals surface area contributed by atoms with Crippen LogP contribution in [-0.4, -0.2) is 36.0 Å². The average Bonchev–Trinajstić information content (AvgIpc) is 2.82. The maximum Gasteiger partial charge on any atom is 0.278 e. The first-order valence-corrected chi connectivity index (χ1v) is 11.4. The number of fused-ring (bicyclic) bond motifs is 1. The summed E-state index contributed by atoms with van der Waals surface area (Å²) in [6.45, 7) is 7.78. The molecular formula is C28H31N2O4+. The smallest absolute Gasteiger partial charge is 0.278 e. The number of benzene rings is 3. The number of para-hydroxylation sites is 1. The zero-order valence-electron chi connectivity index (χ0n) is 20.4. The van der Waals surface area contributed by atoms with Crippen LogP contribution in [0.25, 0.3) is 0 Å². The molecule has 1 heterocycles. The molecule has 0 atom stereocenters. The highest BCUT2D eigenvalue weighted by Gasteiger charge is 2.31. The van der Waals surface area contributed by atoms with Crippen molar-refractivity contribution in [3.63, 3.8) is 0 Å². The maximum atomic E-state index is 11.6. The van der Waals surface area contributed by atoms with Gasteiger partial charge in [-0.15, -0.1) is 0 Å². The predicted octanol–water partition coefficient (Wildman–Crippen LogP) is 5.52. The molecule has 4 rings (SSSR count). The maximum absolute atomic E-state index is 11.6. The minimum absolute atomic E-state index is 0.0502. The topological polar surface area (TPSA) is 64.6 Å². The zero-order valence-corrected chi connectivity index (χ0v) is 20.4. The van der Waals surface area contributed by atoms with Crippen LogP contribution < -0.4 is 9.47 Å². The van der Waals surface area contributed by atoms with E-state index in [1.165, 1.54) is 11.1 Å². The van der Waals surface area contributed by atoms with Gasteiger partial charge in [0.2, 0.25) is 5.71 Å². The summed E-state index contributed by atoms with van der Waals surface area (Å²) in [6, 6.07) is 19.7. The number of nitro groups is 1. The Balaban J connectivity index is 1.91. The fraction of sp³-hybridized carbons (Fsp3) is 0.321. The van der Waals surface area contributed by atoms with Crippen LogP contribution >= 0.6 is 0 Å². The lowest BCUT2D eigenvalue weighted by molar-refractivity contribution is -0.545. The molecule has 0 N–H and O–H groups in total. The third-order valence-electron chi connectivity index (χ3n) is 6.41. The van der Waals surface area contributed by atoms with Crippen molar-refractivity contribution in [1.29, 1.82) is 0 Å². The molecule has 1 aliphatic rings. The SMILES string of the molecule is COc1cc2c(cc1OC)C(c1ccc(C(C)(C)C)cc1)=[N+](Cc1ccccc1[N+](=O)[O-])CC2. The zero-order chi connectivity index (χ0) is 24.5. The monoisotopic (exact) mass is 459 g/mol. The molecule has 0 aromatic heterocycles. The minimum Gasteiger partial charge on any atom is -0.493 e. The molecule has 0 spiro atoms. The van der Waals surface area contributed by atoms with Gasteiger partial charge in [0.1, 0.15) is 6.54 Å². The Morgan fingerprint density at radius 3 is 2.24 bits per heavy atom. The molecule has 0 bridgehead atoms. The fourth-order valence-electron chi connectivity index (χ4n) is 4.54. The van der Waals surface area contributed by atoms with Crippen molar-refractivity contribution in [1.82, 2.24) is 0 Å². The van der Waals surface area contributed by atoms with Gasteiger partial charge >= 0.3 is 0 Å². The molecule has 6 heteroatoms. The van der Waals surface area contributed by atoms with Gasteiger partial charge < -0.3 is 9.47 Å². The summed E-state index contributed by atoms with van der Waals surface area (Å²) in [6.07, 6.45) is 0.805. The Morgan fingerprint density at radius 2 is 1.62 bits per heavy atom. The Bertz CT molecular complexity index is 1250. The quantitative estimate of drug-likeness (QED) is 0.277. The number of methoxy groups -OCH3 is 2. The van der Waals surface area contributed by atoms with Crippen LogP contribution in [0.4, 0.5) is 5.69 Å². The lowest BCUT2D eigenvalue weighted by Gasteiger charge is -2.22. The molecule has 1 aliphatic heterocycles. The first-order valence-electron chi connectivity index (χ1n) is 11.4. The van der Waals surface area contributed by atoms with Crippen molar-refractivity contribution in [2.75, 3.05) is 20.8 Å². The molecule has 6 nitrogen and oxygen atoms in total. The van der Waals surface area contributed by atoms with Gasteiger partial charge in [0, 0.05) is 18.1 Å². The highest BCUT2D eigenvalue weighted by atomic mass is 16.6. The van der Waals surface area contributed by atoms with Gasteiger partial charge in [-0.05, 0) is 46.9 Å². The van der Waals surface area contributed by atoms with Crippen LogP contribution in [0, 0.1) is 10.1 Å². The molecule has 3 aromatic carbocycles. The highest BCUT2D eigenvalue weighted by Crippen LogP contribution is 2.34. The van der Waals surface area contributed by atoms with Gasteiger partial charge in [-0.25, -0.2) is 4.58 Å². The molecule has 0 radical (unpaired) electrons. The van der Waals surface area contributed by atoms with E-state index >= 15 is 0 Å². The van der Waals surface area contributed by atoms with Gasteiger partial charge in [0.05, 0.1) is 30.3 Å². The van der Waals surface area contributed by atoms with Crippen LogP contribution in [0.1, 0.15) is 48.6 Å². The first-order chi connectivity index (χ1) is 16.2. The number of nitrogens with zero attached hydrogens (tertiary/aromatic N) is 2. The van der Waals surface area contributed by atoms with Crippen LogP contribution in [0.15, 0.2) is 60.7 Å². The van der Waals surface area contributed by atoms with Gasteiger partial charge in [0.25, 0.3) is 5.69 Å². The van der Waals surface area contributed by atoms with Crippen molar-refractivity contribution in [3.8, 4) is 11.5 Å². The van der Waals surface area contributed by atoms with E-state index in [1.54, 1.807) is 26.4 Å². The molecule has 0 amide bonds. The Hall–Kier alpha value is -3.67. The van der Waals surface area contributed by atoms with Crippen LogP contribution in [0.2, 0.25) is 0 Å². The number of nitro benzene ring substituents is 1. The number of hydrogen-bond acceptors (Lipinski definition) is 4. The largest absolute Gasteiger partial charge is 0.493 e. The van der Waals surface area contributed by atoms with Crippen LogP contribution in [0.3, 0.4) is 0 Å².